The highest BCUT2D eigenvalue weighted by Gasteiger charge is 2.36. The van der Waals surface area contributed by atoms with Crippen molar-refractivity contribution in [3.8, 4) is 0 Å². The van der Waals surface area contributed by atoms with Crippen molar-refractivity contribution in [3.05, 3.63) is 29.8 Å². The molecule has 1 saturated heterocycles. The number of anilines is 1. The zero-order valence-corrected chi connectivity index (χ0v) is 12.6. The van der Waals surface area contributed by atoms with Gasteiger partial charge in [-0.3, -0.25) is 9.59 Å². The van der Waals surface area contributed by atoms with E-state index in [0.717, 1.165) is 37.8 Å². The summed E-state index contributed by atoms with van der Waals surface area (Å²) in [4.78, 5) is 24.1. The summed E-state index contributed by atoms with van der Waals surface area (Å²) in [6.07, 6.45) is 4.10. The minimum atomic E-state index is -1.03. The van der Waals surface area contributed by atoms with E-state index in [1.54, 1.807) is 0 Å². The van der Waals surface area contributed by atoms with Crippen LogP contribution in [0.1, 0.15) is 32.1 Å². The van der Waals surface area contributed by atoms with Gasteiger partial charge in [-0.15, -0.1) is 0 Å². The van der Waals surface area contributed by atoms with Crippen LogP contribution in [0.25, 0.3) is 0 Å². The molecule has 0 bridgehead atoms. The Kier molecular flexibility index (Phi) is 4.56. The lowest BCUT2D eigenvalue weighted by Gasteiger charge is -2.40. The van der Waals surface area contributed by atoms with Gasteiger partial charge in [0.2, 0.25) is 11.8 Å². The molecule has 2 fully saturated rings. The van der Waals surface area contributed by atoms with E-state index in [9.17, 15) is 18.4 Å². The highest BCUT2D eigenvalue weighted by molar-refractivity contribution is 5.95. The van der Waals surface area contributed by atoms with Crippen LogP contribution in [0.3, 0.4) is 0 Å². The number of halogens is 2. The molecule has 3 N–H and O–H groups in total. The molecule has 1 saturated carbocycles. The fourth-order valence-electron chi connectivity index (χ4n) is 3.24. The molecular formula is C16H19F2N3O2. The number of nitrogens with one attached hydrogen (secondary N) is 3. The fourth-order valence-corrected chi connectivity index (χ4v) is 3.24. The van der Waals surface area contributed by atoms with Gasteiger partial charge in [0, 0.05) is 23.8 Å². The van der Waals surface area contributed by atoms with Crippen molar-refractivity contribution < 1.29 is 18.4 Å². The lowest BCUT2D eigenvalue weighted by atomic mass is 9.87. The molecule has 1 aliphatic heterocycles. The summed E-state index contributed by atoms with van der Waals surface area (Å²) in [6.45, 7) is 0. The molecule has 7 heteroatoms. The van der Waals surface area contributed by atoms with E-state index >= 15 is 0 Å². The van der Waals surface area contributed by atoms with Crippen LogP contribution in [0, 0.1) is 11.6 Å². The average Bonchev–Trinajstić information content (AvgIpc) is 2.51. The zero-order valence-electron chi connectivity index (χ0n) is 12.6. The van der Waals surface area contributed by atoms with Crippen LogP contribution < -0.4 is 16.0 Å². The third-order valence-corrected chi connectivity index (χ3v) is 4.42. The van der Waals surface area contributed by atoms with Crippen LogP contribution in [0.15, 0.2) is 18.2 Å². The Labute approximate surface area is 132 Å². The second kappa shape index (κ2) is 6.62. The molecule has 2 amide bonds. The number of carbonyl (C=O) groups excluding carboxylic acids is 2. The quantitative estimate of drug-likeness (QED) is 0.793. The Hall–Kier alpha value is -2.02. The van der Waals surface area contributed by atoms with E-state index in [0.29, 0.717) is 0 Å². The van der Waals surface area contributed by atoms with Crippen molar-refractivity contribution in [2.24, 2.45) is 0 Å². The predicted octanol–water partition coefficient (Wildman–Crippen LogP) is 1.69. The molecule has 1 heterocycles. The van der Waals surface area contributed by atoms with Gasteiger partial charge in [-0.1, -0.05) is 12.8 Å². The van der Waals surface area contributed by atoms with Crippen molar-refractivity contribution in [3.63, 3.8) is 0 Å². The van der Waals surface area contributed by atoms with E-state index in [-0.39, 0.29) is 30.1 Å². The van der Waals surface area contributed by atoms with Crippen molar-refractivity contribution in [1.29, 1.82) is 0 Å². The standard InChI is InChI=1S/C16H19F2N3O2/c17-10-6-5-9(7-11(10)18)19-15(22)8-14-16(23)21-13-4-2-1-3-12(13)20-14/h5-7,12-14,20H,1-4,8H2,(H,19,22)(H,21,23)/t12-,13+,14+/m1/s1. The maximum Gasteiger partial charge on any atom is 0.237 e. The number of hydrogen-bond acceptors (Lipinski definition) is 3. The summed E-state index contributed by atoms with van der Waals surface area (Å²) in [5.41, 5.74) is 0.167. The topological polar surface area (TPSA) is 70.2 Å². The number of amides is 2. The number of carbonyl (C=O) groups is 2. The van der Waals surface area contributed by atoms with Crippen LogP contribution >= 0.6 is 0 Å². The summed E-state index contributed by atoms with van der Waals surface area (Å²) in [5, 5.41) is 8.68. The van der Waals surface area contributed by atoms with E-state index in [2.05, 4.69) is 16.0 Å². The Morgan fingerprint density at radius 2 is 1.91 bits per heavy atom. The molecule has 3 atom stereocenters. The molecular weight excluding hydrogens is 304 g/mol. The van der Waals surface area contributed by atoms with Gasteiger partial charge < -0.3 is 16.0 Å². The average molecular weight is 323 g/mol. The summed E-state index contributed by atoms with van der Waals surface area (Å²) in [5.74, 6) is -2.60. The molecule has 0 aromatic heterocycles. The molecule has 0 unspecified atom stereocenters. The Bertz CT molecular complexity index is 623. The first-order chi connectivity index (χ1) is 11.0. The summed E-state index contributed by atoms with van der Waals surface area (Å²) in [7, 11) is 0. The molecule has 23 heavy (non-hydrogen) atoms. The smallest absolute Gasteiger partial charge is 0.237 e. The highest BCUT2D eigenvalue weighted by Crippen LogP contribution is 2.22. The van der Waals surface area contributed by atoms with E-state index in [4.69, 9.17) is 0 Å². The van der Waals surface area contributed by atoms with Crippen molar-refractivity contribution in [1.82, 2.24) is 10.6 Å². The molecule has 2 aliphatic rings. The van der Waals surface area contributed by atoms with E-state index < -0.39 is 23.6 Å². The second-order valence-corrected chi connectivity index (χ2v) is 6.11. The Morgan fingerprint density at radius 3 is 2.65 bits per heavy atom. The normalized spacial score (nSPS) is 27.0. The van der Waals surface area contributed by atoms with E-state index in [1.165, 1.54) is 6.07 Å². The lowest BCUT2D eigenvalue weighted by molar-refractivity contribution is -0.129. The van der Waals surface area contributed by atoms with Gasteiger partial charge in [-0.05, 0) is 25.0 Å². The van der Waals surface area contributed by atoms with Crippen LogP contribution in [-0.2, 0) is 9.59 Å². The van der Waals surface area contributed by atoms with Crippen LogP contribution in [0.5, 0.6) is 0 Å². The number of hydrogen-bond donors (Lipinski definition) is 3. The largest absolute Gasteiger partial charge is 0.350 e. The van der Waals surface area contributed by atoms with Gasteiger partial charge in [0.1, 0.15) is 0 Å². The van der Waals surface area contributed by atoms with Gasteiger partial charge in [0.15, 0.2) is 11.6 Å². The van der Waals surface area contributed by atoms with Gasteiger partial charge in [-0.2, -0.15) is 0 Å². The van der Waals surface area contributed by atoms with Gasteiger partial charge in [-0.25, -0.2) is 8.78 Å². The minimum Gasteiger partial charge on any atom is -0.350 e. The third kappa shape index (κ3) is 3.67. The SMILES string of the molecule is O=C(C[C@@H]1N[C@@H]2CCCC[C@@H]2NC1=O)Nc1ccc(F)c(F)c1. The number of rotatable bonds is 3. The number of benzene rings is 1. The van der Waals surface area contributed by atoms with Gasteiger partial charge in [0.25, 0.3) is 0 Å². The summed E-state index contributed by atoms with van der Waals surface area (Å²) < 4.78 is 26.0. The van der Waals surface area contributed by atoms with E-state index in [1.807, 2.05) is 0 Å². The van der Waals surface area contributed by atoms with Crippen molar-refractivity contribution >= 4 is 17.5 Å². The molecule has 1 aromatic carbocycles. The number of piperazine rings is 1. The fraction of sp³-hybridized carbons (Fsp3) is 0.500. The lowest BCUT2D eigenvalue weighted by Crippen LogP contribution is -2.65. The summed E-state index contributed by atoms with van der Waals surface area (Å²) in [6, 6.07) is 2.88. The Morgan fingerprint density at radius 1 is 1.17 bits per heavy atom. The van der Waals surface area contributed by atoms with Crippen LogP contribution in [0.2, 0.25) is 0 Å². The molecule has 3 rings (SSSR count). The monoisotopic (exact) mass is 323 g/mol. The highest BCUT2D eigenvalue weighted by atomic mass is 19.2. The first-order valence-corrected chi connectivity index (χ1v) is 7.84. The molecule has 0 radical (unpaired) electrons. The van der Waals surface area contributed by atoms with Crippen LogP contribution in [0.4, 0.5) is 14.5 Å². The maximum absolute atomic E-state index is 13.1. The molecule has 5 nitrogen and oxygen atoms in total. The minimum absolute atomic E-state index is 0.0476. The predicted molar refractivity (Wildman–Crippen MR) is 80.7 cm³/mol. The van der Waals surface area contributed by atoms with Crippen molar-refractivity contribution in [2.75, 3.05) is 5.32 Å². The number of fused-ring (bicyclic) bond motifs is 1. The summed E-state index contributed by atoms with van der Waals surface area (Å²) >= 11 is 0. The third-order valence-electron chi connectivity index (χ3n) is 4.42. The second-order valence-electron chi connectivity index (χ2n) is 6.11. The van der Waals surface area contributed by atoms with Crippen molar-refractivity contribution in [2.45, 2.75) is 50.2 Å². The molecule has 0 spiro atoms. The molecule has 124 valence electrons. The molecule has 1 aromatic rings. The first-order valence-electron chi connectivity index (χ1n) is 7.84. The van der Waals surface area contributed by atoms with Gasteiger partial charge >= 0.3 is 0 Å². The molecule has 1 aliphatic carbocycles. The first kappa shape index (κ1) is 15.9. The van der Waals surface area contributed by atoms with Gasteiger partial charge in [0.05, 0.1) is 12.5 Å². The van der Waals surface area contributed by atoms with Crippen LogP contribution in [-0.4, -0.2) is 29.9 Å². The zero-order chi connectivity index (χ0) is 16.4. The Balaban J connectivity index is 1.58. The maximum atomic E-state index is 13.1.